The number of rotatable bonds is 20. The lowest BCUT2D eigenvalue weighted by Crippen LogP contribution is -2.50. The first kappa shape index (κ1) is 38.3. The average Bonchev–Trinajstić information content (AvgIpc) is 3.04. The van der Waals surface area contributed by atoms with Crippen LogP contribution in [0.15, 0.2) is 35.3 Å². The second kappa shape index (κ2) is 16.8. The van der Waals surface area contributed by atoms with Gasteiger partial charge in [0.1, 0.15) is 0 Å². The van der Waals surface area contributed by atoms with E-state index < -0.39 is 40.3 Å². The lowest BCUT2D eigenvalue weighted by molar-refractivity contribution is -0.137. The summed E-state index contributed by atoms with van der Waals surface area (Å²) in [5.41, 5.74) is 7.32. The number of carbonyl (C=O) groups excluding carboxylic acids is 4. The van der Waals surface area contributed by atoms with E-state index in [0.717, 1.165) is 0 Å². The molecule has 8 N–H and O–H groups in total. The molecule has 17 nitrogen and oxygen atoms in total. The monoisotopic (exact) mass is 681 g/mol. The minimum absolute atomic E-state index is 0.0445. The molecule has 1 atom stereocenters. The van der Waals surface area contributed by atoms with E-state index in [-0.39, 0.29) is 79.6 Å². The molecule has 2 heterocycles. The molecule has 3 aromatic rings. The van der Waals surface area contributed by atoms with E-state index in [0.29, 0.717) is 11.4 Å². The van der Waals surface area contributed by atoms with E-state index >= 15 is 0 Å². The number of H-pyrrole nitrogens is 1. The van der Waals surface area contributed by atoms with Gasteiger partial charge in [-0.05, 0) is 65.3 Å². The zero-order valence-corrected chi connectivity index (χ0v) is 28.1. The molecule has 0 aliphatic rings. The van der Waals surface area contributed by atoms with Crippen LogP contribution < -0.4 is 32.7 Å². The summed E-state index contributed by atoms with van der Waals surface area (Å²) in [6.45, 7) is 8.80. The standard InChI is InChI=1S/C32H43N9O8/c1-18(42)31(2,3)41-49-15-14-36-32(4,5)24(44)12-11-23(43)22(10-13-25(45)46)38-28(47)19-6-8-20(9-7-19)34-16-21-17-35-27-26(37-21)29(48)40-30(33)39-27/h6-9,17,22,34,36,41H,10-16H2,1-5H3,(H,38,47)(H,45,46)(H3,33,35,39,40,48)/t22-/m0/s1. The van der Waals surface area contributed by atoms with Gasteiger partial charge in [0, 0.05) is 37.1 Å². The second-order valence-corrected chi connectivity index (χ2v) is 12.4. The van der Waals surface area contributed by atoms with Gasteiger partial charge in [-0.15, -0.1) is 0 Å². The second-order valence-electron chi connectivity index (χ2n) is 12.4. The minimum atomic E-state index is -1.13. The molecular weight excluding hydrogens is 638 g/mol. The third-order valence-electron chi connectivity index (χ3n) is 7.72. The number of carbonyl (C=O) groups is 5. The predicted molar refractivity (Wildman–Crippen MR) is 179 cm³/mol. The van der Waals surface area contributed by atoms with Crippen molar-refractivity contribution in [1.29, 1.82) is 0 Å². The van der Waals surface area contributed by atoms with E-state index in [9.17, 15) is 33.9 Å². The van der Waals surface area contributed by atoms with Gasteiger partial charge in [-0.25, -0.2) is 9.97 Å². The van der Waals surface area contributed by atoms with Crippen LogP contribution >= 0.6 is 0 Å². The van der Waals surface area contributed by atoms with Crippen molar-refractivity contribution in [2.24, 2.45) is 0 Å². The average molecular weight is 682 g/mol. The lowest BCUT2D eigenvalue weighted by Gasteiger charge is -2.26. The number of ketones is 3. The van der Waals surface area contributed by atoms with Crippen molar-refractivity contribution in [2.75, 3.05) is 24.2 Å². The number of aromatic nitrogens is 4. The van der Waals surface area contributed by atoms with Gasteiger partial charge >= 0.3 is 5.97 Å². The van der Waals surface area contributed by atoms with Crippen LogP contribution in [0, 0.1) is 0 Å². The molecular formula is C32H43N9O8. The van der Waals surface area contributed by atoms with Crippen molar-refractivity contribution in [1.82, 2.24) is 36.0 Å². The molecule has 0 aliphatic carbocycles. The summed E-state index contributed by atoms with van der Waals surface area (Å²) in [7, 11) is 0. The number of hydroxylamine groups is 1. The van der Waals surface area contributed by atoms with Crippen molar-refractivity contribution >= 4 is 52.0 Å². The van der Waals surface area contributed by atoms with Crippen LogP contribution in [0.4, 0.5) is 11.6 Å². The van der Waals surface area contributed by atoms with Crippen molar-refractivity contribution in [3.8, 4) is 0 Å². The summed E-state index contributed by atoms with van der Waals surface area (Å²) in [5.74, 6) is -2.60. The molecule has 0 unspecified atom stereocenters. The Hall–Kier alpha value is -5.13. The van der Waals surface area contributed by atoms with Crippen LogP contribution in [0.5, 0.6) is 0 Å². The van der Waals surface area contributed by atoms with Crippen LogP contribution in [0.25, 0.3) is 11.2 Å². The number of anilines is 2. The number of fused-ring (bicyclic) bond motifs is 1. The number of amides is 1. The molecule has 0 aliphatic heterocycles. The van der Waals surface area contributed by atoms with Crippen molar-refractivity contribution in [3.63, 3.8) is 0 Å². The van der Waals surface area contributed by atoms with Gasteiger partial charge in [-0.1, -0.05) is 0 Å². The third kappa shape index (κ3) is 11.5. The van der Waals surface area contributed by atoms with Crippen molar-refractivity contribution < 1.29 is 33.9 Å². The number of nitrogens with two attached hydrogens (primary N) is 1. The highest BCUT2D eigenvalue weighted by Crippen LogP contribution is 2.15. The van der Waals surface area contributed by atoms with Gasteiger partial charge in [-0.3, -0.25) is 38.6 Å². The number of carboxylic acid groups (broad SMARTS) is 1. The highest BCUT2D eigenvalue weighted by atomic mass is 16.6. The first-order valence-electron chi connectivity index (χ1n) is 15.6. The molecule has 1 amide bonds. The number of benzene rings is 1. The van der Waals surface area contributed by atoms with E-state index in [1.165, 1.54) is 25.3 Å². The van der Waals surface area contributed by atoms with Crippen LogP contribution in [-0.4, -0.2) is 84.5 Å². The van der Waals surface area contributed by atoms with E-state index in [1.807, 2.05) is 0 Å². The number of nitrogens with zero attached hydrogens (tertiary/aromatic N) is 3. The number of nitrogens with one attached hydrogen (secondary N) is 5. The number of carboxylic acids is 1. The number of hydrogen-bond donors (Lipinski definition) is 7. The molecule has 17 heteroatoms. The number of aliphatic carboxylic acids is 1. The van der Waals surface area contributed by atoms with Gasteiger partial charge in [-0.2, -0.15) is 10.5 Å². The summed E-state index contributed by atoms with van der Waals surface area (Å²) in [6, 6.07) is 5.20. The lowest BCUT2D eigenvalue weighted by atomic mass is 9.92. The maximum absolute atomic E-state index is 13.1. The van der Waals surface area contributed by atoms with E-state index in [1.54, 1.807) is 39.8 Å². The molecule has 0 radical (unpaired) electrons. The normalized spacial score (nSPS) is 12.3. The van der Waals surface area contributed by atoms with Gasteiger partial charge in [0.05, 0.1) is 42.2 Å². The zero-order chi connectivity index (χ0) is 36.4. The molecule has 1 aromatic carbocycles. The molecule has 0 saturated heterocycles. The molecule has 0 saturated carbocycles. The quantitative estimate of drug-likeness (QED) is 0.0649. The number of hydrogen-bond acceptors (Lipinski definition) is 14. The van der Waals surface area contributed by atoms with Crippen LogP contribution in [0.1, 0.15) is 76.4 Å². The van der Waals surface area contributed by atoms with Gasteiger partial charge in [0.15, 0.2) is 28.5 Å². The fourth-order valence-corrected chi connectivity index (χ4v) is 4.35. The summed E-state index contributed by atoms with van der Waals surface area (Å²) in [4.78, 5) is 94.0. The largest absolute Gasteiger partial charge is 0.481 e. The highest BCUT2D eigenvalue weighted by Gasteiger charge is 2.29. The Morgan fingerprint density at radius 1 is 1.00 bits per heavy atom. The molecule has 0 fully saturated rings. The Bertz CT molecular complexity index is 1740. The Kier molecular flexibility index (Phi) is 13.1. The molecule has 264 valence electrons. The summed E-state index contributed by atoms with van der Waals surface area (Å²) in [5, 5.41) is 18.0. The highest BCUT2D eigenvalue weighted by molar-refractivity contribution is 5.99. The maximum atomic E-state index is 13.1. The van der Waals surface area contributed by atoms with Crippen LogP contribution in [0.2, 0.25) is 0 Å². The Balaban J connectivity index is 1.53. The summed E-state index contributed by atoms with van der Waals surface area (Å²) >= 11 is 0. The number of aromatic amines is 1. The summed E-state index contributed by atoms with van der Waals surface area (Å²) in [6.07, 6.45) is 0.622. The van der Waals surface area contributed by atoms with Crippen molar-refractivity contribution in [3.05, 3.63) is 52.1 Å². The molecule has 49 heavy (non-hydrogen) atoms. The smallest absolute Gasteiger partial charge is 0.303 e. The van der Waals surface area contributed by atoms with Gasteiger partial charge < -0.3 is 26.8 Å². The van der Waals surface area contributed by atoms with Gasteiger partial charge in [0.2, 0.25) is 5.95 Å². The number of Topliss-reactive ketones (excluding diaryl/α,β-unsaturated/α-hetero) is 3. The zero-order valence-electron chi connectivity index (χ0n) is 28.1. The SMILES string of the molecule is CC(=O)C(C)(C)NOCCNC(C)(C)C(=O)CCC(=O)[C@H](CCC(=O)O)NC(=O)c1ccc(NCc2cnc3nc(N)[nH]c(=O)c3n2)cc1. The fraction of sp³-hybridized carbons (Fsp3) is 0.469. The topological polar surface area (TPSA) is 260 Å². The minimum Gasteiger partial charge on any atom is -0.481 e. The number of nitrogen functional groups attached to an aromatic ring is 1. The molecule has 0 spiro atoms. The first-order valence-corrected chi connectivity index (χ1v) is 15.6. The summed E-state index contributed by atoms with van der Waals surface area (Å²) < 4.78 is 0. The first-order chi connectivity index (χ1) is 23.0. The van der Waals surface area contributed by atoms with Crippen LogP contribution in [0.3, 0.4) is 0 Å². The maximum Gasteiger partial charge on any atom is 0.303 e. The predicted octanol–water partition coefficient (Wildman–Crippen LogP) is 1.05. The van der Waals surface area contributed by atoms with Crippen LogP contribution in [-0.2, 0) is 30.6 Å². The van der Waals surface area contributed by atoms with E-state index in [2.05, 4.69) is 41.4 Å². The Labute approximate surface area is 282 Å². The van der Waals surface area contributed by atoms with Gasteiger partial charge in [0.25, 0.3) is 11.5 Å². The van der Waals surface area contributed by atoms with Crippen molar-refractivity contribution in [2.45, 2.75) is 84.0 Å². The fourth-order valence-electron chi connectivity index (χ4n) is 4.35. The molecule has 3 rings (SSSR count). The Morgan fingerprint density at radius 3 is 2.35 bits per heavy atom. The third-order valence-corrected chi connectivity index (χ3v) is 7.72. The Morgan fingerprint density at radius 2 is 1.69 bits per heavy atom. The molecule has 0 bridgehead atoms. The molecule has 2 aromatic heterocycles. The van der Waals surface area contributed by atoms with E-state index in [4.69, 9.17) is 10.6 Å².